The molecular formula is C17H14N2O5. The van der Waals surface area contributed by atoms with Gasteiger partial charge in [0, 0.05) is 7.05 Å². The van der Waals surface area contributed by atoms with Gasteiger partial charge in [-0.25, -0.2) is 4.79 Å². The number of rotatable bonds is 3. The lowest BCUT2D eigenvalue weighted by Gasteiger charge is -2.11. The highest BCUT2D eigenvalue weighted by atomic mass is 16.5. The van der Waals surface area contributed by atoms with E-state index in [9.17, 15) is 19.9 Å². The molecule has 0 amide bonds. The first-order valence-corrected chi connectivity index (χ1v) is 7.05. The normalized spacial score (nSPS) is 10.5. The first-order valence-electron chi connectivity index (χ1n) is 7.05. The van der Waals surface area contributed by atoms with Crippen LogP contribution in [0.15, 0.2) is 64.2 Å². The summed E-state index contributed by atoms with van der Waals surface area (Å²) < 4.78 is 6.62. The summed E-state index contributed by atoms with van der Waals surface area (Å²) in [5, 5.41) is 18.9. The fraction of sp³-hybridized carbons (Fsp3) is 0.0588. The van der Waals surface area contributed by atoms with Crippen LogP contribution in [0.25, 0.3) is 11.1 Å². The zero-order chi connectivity index (χ0) is 17.3. The highest BCUT2D eigenvalue weighted by Crippen LogP contribution is 2.28. The minimum absolute atomic E-state index is 0.00311. The quantitative estimate of drug-likeness (QED) is 0.718. The maximum absolute atomic E-state index is 11.7. The summed E-state index contributed by atoms with van der Waals surface area (Å²) in [5.74, 6) is 0.553. The molecule has 1 heterocycles. The minimum Gasteiger partial charge on any atom is -0.508 e. The largest absolute Gasteiger partial charge is 0.508 e. The number of hydrogen-bond donors (Lipinski definition) is 2. The van der Waals surface area contributed by atoms with Gasteiger partial charge in [0.15, 0.2) is 0 Å². The Balaban J connectivity index is 2.00. The van der Waals surface area contributed by atoms with E-state index in [0.717, 1.165) is 21.8 Å². The van der Waals surface area contributed by atoms with E-state index in [2.05, 4.69) is 0 Å². The standard InChI is InChI=1S/C17H14N2O5/c1-18-16(10-15(21)19(23)17(18)22)24-14-7-3-5-12(9-14)11-4-2-6-13(20)8-11/h2-10,20,23H,1H3. The monoisotopic (exact) mass is 326 g/mol. The molecule has 122 valence electrons. The average molecular weight is 326 g/mol. The van der Waals surface area contributed by atoms with Crippen molar-refractivity contribution < 1.29 is 15.1 Å². The van der Waals surface area contributed by atoms with Crippen LogP contribution in [-0.4, -0.2) is 19.6 Å². The van der Waals surface area contributed by atoms with E-state index < -0.39 is 11.2 Å². The average Bonchev–Trinajstić information content (AvgIpc) is 2.58. The molecule has 2 N–H and O–H groups in total. The third kappa shape index (κ3) is 2.87. The number of phenols is 1. The molecule has 0 unspecified atom stereocenters. The van der Waals surface area contributed by atoms with Crippen LogP contribution in [0.4, 0.5) is 0 Å². The van der Waals surface area contributed by atoms with Gasteiger partial charge in [-0.1, -0.05) is 29.0 Å². The summed E-state index contributed by atoms with van der Waals surface area (Å²) in [7, 11) is 1.38. The van der Waals surface area contributed by atoms with E-state index in [4.69, 9.17) is 4.74 Å². The van der Waals surface area contributed by atoms with Gasteiger partial charge in [-0.3, -0.25) is 9.36 Å². The van der Waals surface area contributed by atoms with Crippen molar-refractivity contribution in [3.8, 4) is 28.5 Å². The number of aromatic nitrogens is 2. The van der Waals surface area contributed by atoms with Gasteiger partial charge in [0.1, 0.15) is 11.5 Å². The van der Waals surface area contributed by atoms with Crippen LogP contribution in [0.1, 0.15) is 0 Å². The van der Waals surface area contributed by atoms with Crippen LogP contribution in [-0.2, 0) is 7.05 Å². The van der Waals surface area contributed by atoms with Crippen LogP contribution in [0.5, 0.6) is 17.4 Å². The number of nitrogens with zero attached hydrogens (tertiary/aromatic N) is 2. The molecule has 7 nitrogen and oxygen atoms in total. The molecule has 0 bridgehead atoms. The molecule has 24 heavy (non-hydrogen) atoms. The Morgan fingerprint density at radius 3 is 2.33 bits per heavy atom. The van der Waals surface area contributed by atoms with Gasteiger partial charge < -0.3 is 15.1 Å². The van der Waals surface area contributed by atoms with Crippen molar-refractivity contribution in [2.75, 3.05) is 0 Å². The molecule has 0 aliphatic heterocycles. The molecule has 0 saturated heterocycles. The van der Waals surface area contributed by atoms with Crippen LogP contribution in [0, 0.1) is 0 Å². The fourth-order valence-corrected chi connectivity index (χ4v) is 2.24. The van der Waals surface area contributed by atoms with Crippen molar-refractivity contribution in [1.82, 2.24) is 9.30 Å². The van der Waals surface area contributed by atoms with Crippen molar-refractivity contribution in [3.63, 3.8) is 0 Å². The molecular weight excluding hydrogens is 312 g/mol. The van der Waals surface area contributed by atoms with E-state index in [0.29, 0.717) is 5.75 Å². The molecule has 1 aromatic heterocycles. The second kappa shape index (κ2) is 5.96. The summed E-state index contributed by atoms with van der Waals surface area (Å²) in [5.41, 5.74) is -0.192. The Hall–Kier alpha value is -3.48. The van der Waals surface area contributed by atoms with E-state index in [-0.39, 0.29) is 16.4 Å². The lowest BCUT2D eigenvalue weighted by Crippen LogP contribution is -2.37. The Labute approximate surface area is 136 Å². The smallest absolute Gasteiger partial charge is 0.366 e. The second-order valence-corrected chi connectivity index (χ2v) is 5.15. The van der Waals surface area contributed by atoms with Gasteiger partial charge in [0.2, 0.25) is 5.88 Å². The SMILES string of the molecule is Cn1c(Oc2cccc(-c3cccc(O)c3)c2)cc(=O)n(O)c1=O. The molecule has 0 fully saturated rings. The topological polar surface area (TPSA) is 93.7 Å². The van der Waals surface area contributed by atoms with Crippen molar-refractivity contribution >= 4 is 0 Å². The first kappa shape index (κ1) is 15.4. The van der Waals surface area contributed by atoms with E-state index in [1.165, 1.54) is 7.05 Å². The van der Waals surface area contributed by atoms with Crippen molar-refractivity contribution in [2.24, 2.45) is 7.05 Å². The summed E-state index contributed by atoms with van der Waals surface area (Å²) >= 11 is 0. The Kier molecular flexibility index (Phi) is 3.83. The minimum atomic E-state index is -0.901. The lowest BCUT2D eigenvalue weighted by atomic mass is 10.1. The van der Waals surface area contributed by atoms with Gasteiger partial charge in [-0.2, -0.15) is 0 Å². The number of ether oxygens (including phenoxy) is 1. The third-order valence-electron chi connectivity index (χ3n) is 3.49. The Morgan fingerprint density at radius 2 is 1.62 bits per heavy atom. The fourth-order valence-electron chi connectivity index (χ4n) is 2.24. The highest BCUT2D eigenvalue weighted by molar-refractivity contribution is 5.66. The highest BCUT2D eigenvalue weighted by Gasteiger charge is 2.10. The van der Waals surface area contributed by atoms with Crippen molar-refractivity contribution in [3.05, 3.63) is 75.4 Å². The number of hydrogen-bond acceptors (Lipinski definition) is 5. The summed E-state index contributed by atoms with van der Waals surface area (Å²) in [6.07, 6.45) is 0. The van der Waals surface area contributed by atoms with Crippen molar-refractivity contribution in [2.45, 2.75) is 0 Å². The molecule has 2 aromatic carbocycles. The van der Waals surface area contributed by atoms with E-state index in [1.807, 2.05) is 12.1 Å². The molecule has 7 heteroatoms. The van der Waals surface area contributed by atoms with Crippen LogP contribution in [0.2, 0.25) is 0 Å². The first-order chi connectivity index (χ1) is 11.5. The van der Waals surface area contributed by atoms with Crippen LogP contribution < -0.4 is 16.0 Å². The molecule has 0 aliphatic carbocycles. The van der Waals surface area contributed by atoms with Gasteiger partial charge >= 0.3 is 5.69 Å². The van der Waals surface area contributed by atoms with Crippen LogP contribution in [0.3, 0.4) is 0 Å². The van der Waals surface area contributed by atoms with E-state index in [1.54, 1.807) is 36.4 Å². The summed E-state index contributed by atoms with van der Waals surface area (Å²) in [6.45, 7) is 0. The van der Waals surface area contributed by atoms with Gasteiger partial charge in [-0.15, -0.1) is 0 Å². The van der Waals surface area contributed by atoms with Crippen LogP contribution >= 0.6 is 0 Å². The maximum atomic E-state index is 11.7. The summed E-state index contributed by atoms with van der Waals surface area (Å²) in [4.78, 5) is 23.2. The second-order valence-electron chi connectivity index (χ2n) is 5.15. The van der Waals surface area contributed by atoms with Gasteiger partial charge in [0.25, 0.3) is 5.56 Å². The number of phenolic OH excluding ortho intramolecular Hbond substituents is 1. The molecule has 0 saturated carbocycles. The molecule has 3 aromatic rings. The molecule has 0 atom stereocenters. The van der Waals surface area contributed by atoms with Gasteiger partial charge in [-0.05, 0) is 35.4 Å². The predicted molar refractivity (Wildman–Crippen MR) is 86.7 cm³/mol. The van der Waals surface area contributed by atoms with Gasteiger partial charge in [0.05, 0.1) is 6.07 Å². The predicted octanol–water partition coefficient (Wildman–Crippen LogP) is 1.95. The number of benzene rings is 2. The third-order valence-corrected chi connectivity index (χ3v) is 3.49. The molecule has 3 rings (SSSR count). The van der Waals surface area contributed by atoms with Crippen molar-refractivity contribution in [1.29, 1.82) is 0 Å². The van der Waals surface area contributed by atoms with E-state index >= 15 is 0 Å². The molecule has 0 radical (unpaired) electrons. The number of aromatic hydroxyl groups is 1. The zero-order valence-electron chi connectivity index (χ0n) is 12.7. The zero-order valence-corrected chi connectivity index (χ0v) is 12.7. The Bertz CT molecular complexity index is 1020. The Morgan fingerprint density at radius 1 is 0.958 bits per heavy atom. The lowest BCUT2D eigenvalue weighted by molar-refractivity contribution is 0.153. The molecule has 0 spiro atoms. The molecule has 0 aliphatic rings. The summed E-state index contributed by atoms with van der Waals surface area (Å²) in [6, 6.07) is 14.7. The maximum Gasteiger partial charge on any atom is 0.366 e.